The predicted octanol–water partition coefficient (Wildman–Crippen LogP) is 4.33. The summed E-state index contributed by atoms with van der Waals surface area (Å²) in [5, 5.41) is 0.920. The minimum atomic E-state index is -3.55. The SMILES string of the molecule is CC[C@@](C)(Oc1cccc(CCCn2ccc3cc(OS(C)(=O)=O)ccc32)c1)C(=O)OC. The first kappa shape index (κ1) is 23.7. The molecule has 32 heavy (non-hydrogen) atoms. The Bertz CT molecular complexity index is 1200. The van der Waals surface area contributed by atoms with E-state index in [4.69, 9.17) is 13.7 Å². The molecule has 0 unspecified atom stereocenters. The maximum atomic E-state index is 12.1. The van der Waals surface area contributed by atoms with Gasteiger partial charge in [-0.1, -0.05) is 19.1 Å². The molecule has 0 spiro atoms. The molecule has 0 aliphatic heterocycles. The number of esters is 1. The maximum Gasteiger partial charge on any atom is 0.349 e. The van der Waals surface area contributed by atoms with Crippen LogP contribution < -0.4 is 8.92 Å². The third-order valence-corrected chi connectivity index (χ3v) is 5.88. The molecule has 0 saturated carbocycles. The highest BCUT2D eigenvalue weighted by atomic mass is 32.2. The molecule has 0 amide bonds. The second-order valence-corrected chi connectivity index (χ2v) is 9.52. The number of carbonyl (C=O) groups is 1. The summed E-state index contributed by atoms with van der Waals surface area (Å²) in [6.45, 7) is 4.42. The summed E-state index contributed by atoms with van der Waals surface area (Å²) in [5.74, 6) is 0.553. The average Bonchev–Trinajstić information content (AvgIpc) is 3.14. The van der Waals surface area contributed by atoms with Crippen molar-refractivity contribution in [2.45, 2.75) is 45.3 Å². The number of methoxy groups -OCH3 is 1. The van der Waals surface area contributed by atoms with E-state index in [0.29, 0.717) is 17.9 Å². The lowest BCUT2D eigenvalue weighted by molar-refractivity contribution is -0.157. The number of hydrogen-bond donors (Lipinski definition) is 0. The molecule has 172 valence electrons. The van der Waals surface area contributed by atoms with Crippen molar-refractivity contribution >= 4 is 27.0 Å². The third kappa shape index (κ3) is 5.82. The molecule has 0 aliphatic carbocycles. The van der Waals surface area contributed by atoms with Gasteiger partial charge in [0.1, 0.15) is 11.5 Å². The van der Waals surface area contributed by atoms with Crippen LogP contribution in [0.15, 0.2) is 54.7 Å². The number of ether oxygens (including phenoxy) is 2. The molecule has 0 aliphatic rings. The fourth-order valence-electron chi connectivity index (χ4n) is 3.55. The zero-order valence-electron chi connectivity index (χ0n) is 18.8. The van der Waals surface area contributed by atoms with Crippen LogP contribution in [0, 0.1) is 0 Å². The fraction of sp³-hybridized carbons (Fsp3) is 0.375. The highest BCUT2D eigenvalue weighted by Crippen LogP contribution is 2.25. The number of aromatic nitrogens is 1. The molecule has 0 N–H and O–H groups in total. The molecular weight excluding hydrogens is 430 g/mol. The van der Waals surface area contributed by atoms with Crippen LogP contribution in [0.5, 0.6) is 11.5 Å². The lowest BCUT2D eigenvalue weighted by Crippen LogP contribution is -2.41. The number of carbonyl (C=O) groups excluding carboxylic acids is 1. The van der Waals surface area contributed by atoms with Gasteiger partial charge in [0, 0.05) is 23.6 Å². The van der Waals surface area contributed by atoms with Crippen LogP contribution in [-0.4, -0.2) is 37.9 Å². The molecule has 1 heterocycles. The molecule has 2 aromatic carbocycles. The lowest BCUT2D eigenvalue weighted by atomic mass is 10.0. The average molecular weight is 460 g/mol. The fourth-order valence-corrected chi connectivity index (χ4v) is 4.01. The number of fused-ring (bicyclic) bond motifs is 1. The molecule has 1 aromatic heterocycles. The van der Waals surface area contributed by atoms with Crippen molar-refractivity contribution in [3.63, 3.8) is 0 Å². The van der Waals surface area contributed by atoms with Crippen molar-refractivity contribution in [1.82, 2.24) is 4.57 Å². The quantitative estimate of drug-likeness (QED) is 0.331. The summed E-state index contributed by atoms with van der Waals surface area (Å²) in [4.78, 5) is 12.1. The van der Waals surface area contributed by atoms with Crippen LogP contribution in [0.1, 0.15) is 32.3 Å². The minimum Gasteiger partial charge on any atom is -0.476 e. The van der Waals surface area contributed by atoms with Gasteiger partial charge >= 0.3 is 16.1 Å². The Morgan fingerprint density at radius 2 is 1.88 bits per heavy atom. The Balaban J connectivity index is 1.64. The molecule has 3 aromatic rings. The Hall–Kier alpha value is -3.00. The van der Waals surface area contributed by atoms with Gasteiger partial charge in [-0.25, -0.2) is 4.79 Å². The molecule has 1 atom stereocenters. The molecule has 7 nitrogen and oxygen atoms in total. The summed E-state index contributed by atoms with van der Waals surface area (Å²) in [6, 6.07) is 14.9. The second-order valence-electron chi connectivity index (χ2n) is 7.95. The monoisotopic (exact) mass is 459 g/mol. The Labute approximate surface area is 189 Å². The molecule has 8 heteroatoms. The summed E-state index contributed by atoms with van der Waals surface area (Å²) < 4.78 is 40.6. The van der Waals surface area contributed by atoms with Crippen LogP contribution in [0.25, 0.3) is 10.9 Å². The van der Waals surface area contributed by atoms with Gasteiger partial charge in [-0.3, -0.25) is 0 Å². The van der Waals surface area contributed by atoms with E-state index in [0.717, 1.165) is 42.1 Å². The number of nitrogens with zero attached hydrogens (tertiary/aromatic N) is 1. The van der Waals surface area contributed by atoms with E-state index in [2.05, 4.69) is 4.57 Å². The van der Waals surface area contributed by atoms with E-state index in [9.17, 15) is 13.2 Å². The third-order valence-electron chi connectivity index (χ3n) is 5.39. The Morgan fingerprint density at radius 1 is 1.09 bits per heavy atom. The van der Waals surface area contributed by atoms with Crippen molar-refractivity contribution in [2.75, 3.05) is 13.4 Å². The summed E-state index contributed by atoms with van der Waals surface area (Å²) in [5.41, 5.74) is 1.11. The summed E-state index contributed by atoms with van der Waals surface area (Å²) in [6.07, 6.45) is 5.25. The summed E-state index contributed by atoms with van der Waals surface area (Å²) >= 11 is 0. The number of hydrogen-bond acceptors (Lipinski definition) is 6. The lowest BCUT2D eigenvalue weighted by Gasteiger charge is -2.26. The second kappa shape index (κ2) is 9.65. The molecule has 0 bridgehead atoms. The number of benzene rings is 2. The number of rotatable bonds is 10. The first-order valence-corrected chi connectivity index (χ1v) is 12.3. The van der Waals surface area contributed by atoms with Crippen molar-refractivity contribution < 1.29 is 26.9 Å². The van der Waals surface area contributed by atoms with E-state index in [1.807, 2.05) is 49.5 Å². The van der Waals surface area contributed by atoms with E-state index >= 15 is 0 Å². The molecule has 0 saturated heterocycles. The van der Waals surface area contributed by atoms with Gasteiger partial charge in [0.05, 0.1) is 13.4 Å². The largest absolute Gasteiger partial charge is 0.476 e. The maximum absolute atomic E-state index is 12.1. The zero-order chi connectivity index (χ0) is 23.4. The smallest absolute Gasteiger partial charge is 0.349 e. The normalized spacial score (nSPS) is 13.5. The van der Waals surface area contributed by atoms with Crippen LogP contribution in [0.4, 0.5) is 0 Å². The highest BCUT2D eigenvalue weighted by Gasteiger charge is 2.35. The Morgan fingerprint density at radius 3 is 2.56 bits per heavy atom. The molecule has 3 rings (SSSR count). The first-order valence-electron chi connectivity index (χ1n) is 10.5. The van der Waals surface area contributed by atoms with Gasteiger partial charge in [-0.05, 0) is 68.1 Å². The van der Waals surface area contributed by atoms with E-state index in [1.54, 1.807) is 19.1 Å². The van der Waals surface area contributed by atoms with Crippen LogP contribution >= 0.6 is 0 Å². The molecule has 0 fully saturated rings. The van der Waals surface area contributed by atoms with Gasteiger partial charge in [-0.2, -0.15) is 8.42 Å². The minimum absolute atomic E-state index is 0.306. The standard InChI is InChI=1S/C24H29NO6S/c1-5-24(2,23(26)29-3)30-20-10-6-8-18(16-20)9-7-14-25-15-13-19-17-21(11-12-22(19)25)31-32(4,27)28/h6,8,10-13,15-17H,5,7,9,14H2,1-4H3/t24-/m1/s1. The van der Waals surface area contributed by atoms with Gasteiger partial charge in [0.2, 0.25) is 5.60 Å². The first-order chi connectivity index (χ1) is 15.1. The van der Waals surface area contributed by atoms with Gasteiger partial charge in [-0.15, -0.1) is 0 Å². The van der Waals surface area contributed by atoms with E-state index < -0.39 is 21.7 Å². The topological polar surface area (TPSA) is 83.8 Å². The summed E-state index contributed by atoms with van der Waals surface area (Å²) in [7, 11) is -2.19. The van der Waals surface area contributed by atoms with Crippen LogP contribution in [0.3, 0.4) is 0 Å². The van der Waals surface area contributed by atoms with Crippen molar-refractivity contribution in [2.24, 2.45) is 0 Å². The number of aryl methyl sites for hydroxylation is 2. The highest BCUT2D eigenvalue weighted by molar-refractivity contribution is 7.86. The van der Waals surface area contributed by atoms with Crippen LogP contribution in [0.2, 0.25) is 0 Å². The van der Waals surface area contributed by atoms with Crippen molar-refractivity contribution in [1.29, 1.82) is 0 Å². The van der Waals surface area contributed by atoms with E-state index in [1.165, 1.54) is 7.11 Å². The molecule has 0 radical (unpaired) electrons. The predicted molar refractivity (Wildman–Crippen MR) is 124 cm³/mol. The van der Waals surface area contributed by atoms with Crippen LogP contribution in [-0.2, 0) is 32.6 Å². The Kier molecular flexibility index (Phi) is 7.13. The van der Waals surface area contributed by atoms with E-state index in [-0.39, 0.29) is 0 Å². The molecular formula is C24H29NO6S. The van der Waals surface area contributed by atoms with Gasteiger partial charge < -0.3 is 18.2 Å². The van der Waals surface area contributed by atoms with Gasteiger partial charge in [0.15, 0.2) is 0 Å². The zero-order valence-corrected chi connectivity index (χ0v) is 19.6. The van der Waals surface area contributed by atoms with Crippen molar-refractivity contribution in [3.8, 4) is 11.5 Å². The van der Waals surface area contributed by atoms with Crippen molar-refractivity contribution in [3.05, 3.63) is 60.3 Å². The van der Waals surface area contributed by atoms with Gasteiger partial charge in [0.25, 0.3) is 0 Å².